The number of aromatic nitrogens is 2. The number of nitrogens with zero attached hydrogens (tertiary/aromatic N) is 2. The Hall–Kier alpha value is -3.57. The van der Waals surface area contributed by atoms with Crippen LogP contribution in [0.2, 0.25) is 0 Å². The largest absolute Gasteiger partial charge is 0.288 e. The molecule has 0 N–H and O–H groups in total. The van der Waals surface area contributed by atoms with Gasteiger partial charge >= 0.3 is 0 Å². The van der Waals surface area contributed by atoms with Crippen LogP contribution in [0, 0.1) is 6.92 Å². The summed E-state index contributed by atoms with van der Waals surface area (Å²) < 4.78 is 2.45. The second-order valence-electron chi connectivity index (χ2n) is 7.29. The molecule has 3 aromatic carbocycles. The molecule has 0 aliphatic carbocycles. The number of rotatable bonds is 3. The van der Waals surface area contributed by atoms with Crippen LogP contribution in [0.25, 0.3) is 31.7 Å². The molecule has 30 heavy (non-hydrogen) atoms. The maximum absolute atomic E-state index is 13.6. The molecule has 0 fully saturated rings. The molecule has 146 valence electrons. The number of aryl methyl sites for hydroxylation is 1. The molecule has 0 unspecified atom stereocenters. The van der Waals surface area contributed by atoms with Gasteiger partial charge in [0.2, 0.25) is 5.43 Å². The van der Waals surface area contributed by atoms with Crippen molar-refractivity contribution < 1.29 is 0 Å². The Kier molecular flexibility index (Phi) is 4.52. The topological polar surface area (TPSA) is 52.0 Å². The number of hydrogen-bond donors (Lipinski definition) is 0. The maximum Gasteiger partial charge on any atom is 0.266 e. The number of benzene rings is 3. The number of hydrogen-bond acceptors (Lipinski definition) is 4. The summed E-state index contributed by atoms with van der Waals surface area (Å²) in [6.07, 6.45) is 0. The minimum absolute atomic E-state index is 0.158. The molecule has 2 heterocycles. The molecule has 5 rings (SSSR count). The Morgan fingerprint density at radius 1 is 0.867 bits per heavy atom. The molecule has 0 spiro atoms. The Morgan fingerprint density at radius 3 is 2.33 bits per heavy atom. The van der Waals surface area contributed by atoms with E-state index >= 15 is 0 Å². The highest BCUT2D eigenvalue weighted by atomic mass is 32.1. The predicted octanol–water partition coefficient (Wildman–Crippen LogP) is 5.00. The Morgan fingerprint density at radius 2 is 1.57 bits per heavy atom. The third-order valence-corrected chi connectivity index (χ3v) is 6.26. The van der Waals surface area contributed by atoms with Crippen LogP contribution < -0.4 is 11.0 Å². The lowest BCUT2D eigenvalue weighted by Gasteiger charge is -2.14. The Balaban J connectivity index is 1.86. The van der Waals surface area contributed by atoms with Crippen molar-refractivity contribution in [2.45, 2.75) is 13.5 Å². The van der Waals surface area contributed by atoms with Crippen molar-refractivity contribution in [2.24, 2.45) is 0 Å². The molecule has 0 aliphatic rings. The molecule has 5 aromatic rings. The van der Waals surface area contributed by atoms with Gasteiger partial charge in [-0.2, -0.15) is 0 Å². The van der Waals surface area contributed by atoms with Crippen LogP contribution >= 0.6 is 11.3 Å². The van der Waals surface area contributed by atoms with E-state index in [1.165, 1.54) is 11.3 Å². The van der Waals surface area contributed by atoms with Crippen LogP contribution in [0.4, 0.5) is 0 Å². The van der Waals surface area contributed by atoms with Gasteiger partial charge in [-0.25, -0.2) is 4.98 Å². The first-order valence-corrected chi connectivity index (χ1v) is 10.5. The minimum Gasteiger partial charge on any atom is -0.288 e. The van der Waals surface area contributed by atoms with Crippen molar-refractivity contribution >= 4 is 31.6 Å². The lowest BCUT2D eigenvalue weighted by atomic mass is 10.1. The van der Waals surface area contributed by atoms with Gasteiger partial charge in [-0.1, -0.05) is 72.3 Å². The van der Waals surface area contributed by atoms with Gasteiger partial charge in [-0.15, -0.1) is 11.3 Å². The molecule has 0 bridgehead atoms. The average Bonchev–Trinajstić information content (AvgIpc) is 2.77. The van der Waals surface area contributed by atoms with E-state index in [0.29, 0.717) is 22.6 Å². The minimum atomic E-state index is -0.300. The molecule has 0 aliphatic heterocycles. The molecule has 0 saturated heterocycles. The van der Waals surface area contributed by atoms with Crippen LogP contribution in [0.5, 0.6) is 0 Å². The summed E-state index contributed by atoms with van der Waals surface area (Å²) in [6, 6.07) is 25.1. The molecular weight excluding hydrogens is 392 g/mol. The van der Waals surface area contributed by atoms with Crippen molar-refractivity contribution in [1.82, 2.24) is 9.55 Å². The third kappa shape index (κ3) is 3.13. The van der Waals surface area contributed by atoms with Crippen molar-refractivity contribution in [3.8, 4) is 11.4 Å². The van der Waals surface area contributed by atoms with E-state index in [0.717, 1.165) is 21.4 Å². The van der Waals surface area contributed by atoms with Crippen molar-refractivity contribution in [3.63, 3.8) is 0 Å². The summed E-state index contributed by atoms with van der Waals surface area (Å²) in [4.78, 5) is 32.0. The van der Waals surface area contributed by atoms with Gasteiger partial charge in [0, 0.05) is 15.6 Å². The lowest BCUT2D eigenvalue weighted by Crippen LogP contribution is -2.27. The normalized spacial score (nSPS) is 11.2. The Bertz CT molecular complexity index is 1500. The van der Waals surface area contributed by atoms with Crippen molar-refractivity contribution in [1.29, 1.82) is 0 Å². The predicted molar refractivity (Wildman–Crippen MR) is 123 cm³/mol. The second-order valence-corrected chi connectivity index (χ2v) is 8.32. The molecule has 2 aromatic heterocycles. The zero-order valence-corrected chi connectivity index (χ0v) is 17.1. The highest BCUT2D eigenvalue weighted by Gasteiger charge is 2.17. The summed E-state index contributed by atoms with van der Waals surface area (Å²) in [5.41, 5.74) is 2.40. The summed E-state index contributed by atoms with van der Waals surface area (Å²) in [7, 11) is 0. The third-order valence-electron chi connectivity index (χ3n) is 5.19. The van der Waals surface area contributed by atoms with Gasteiger partial charge in [0.05, 0.1) is 6.54 Å². The van der Waals surface area contributed by atoms with E-state index < -0.39 is 0 Å². The smallest absolute Gasteiger partial charge is 0.266 e. The van der Waals surface area contributed by atoms with Gasteiger partial charge in [0.15, 0.2) is 0 Å². The fourth-order valence-corrected chi connectivity index (χ4v) is 4.66. The Labute approximate surface area is 176 Å². The van der Waals surface area contributed by atoms with E-state index in [1.807, 2.05) is 79.7 Å². The van der Waals surface area contributed by atoms with Gasteiger partial charge in [-0.3, -0.25) is 14.2 Å². The summed E-state index contributed by atoms with van der Waals surface area (Å²) in [5.74, 6) is 0.572. The van der Waals surface area contributed by atoms with Gasteiger partial charge in [0.1, 0.15) is 16.0 Å². The summed E-state index contributed by atoms with van der Waals surface area (Å²) >= 11 is 1.38. The summed E-state index contributed by atoms with van der Waals surface area (Å²) in [6.45, 7) is 2.37. The second kappa shape index (κ2) is 7.35. The molecule has 4 nitrogen and oxygen atoms in total. The molecule has 0 atom stereocenters. The van der Waals surface area contributed by atoms with Gasteiger partial charge in [-0.05, 0) is 24.6 Å². The quantitative estimate of drug-likeness (QED) is 0.394. The van der Waals surface area contributed by atoms with E-state index in [9.17, 15) is 9.59 Å². The van der Waals surface area contributed by atoms with Crippen molar-refractivity contribution in [3.05, 3.63) is 111 Å². The van der Waals surface area contributed by atoms with Gasteiger partial charge in [0.25, 0.3) is 5.56 Å². The molecular formula is C25H18N2O2S. The fourth-order valence-electron chi connectivity index (χ4n) is 3.62. The van der Waals surface area contributed by atoms with E-state index in [-0.39, 0.29) is 16.4 Å². The highest BCUT2D eigenvalue weighted by molar-refractivity contribution is 7.24. The standard InChI is InChI=1S/C25H18N2O2S/c1-16-11-13-18(14-12-16)23-26-24-21(22(28)19-9-5-6-10-20(19)30-24)25(29)27(23)15-17-7-3-2-4-8-17/h2-14H,15H2,1H3. The molecule has 0 amide bonds. The first-order chi connectivity index (χ1) is 14.6. The van der Waals surface area contributed by atoms with Crippen LogP contribution in [0.1, 0.15) is 11.1 Å². The van der Waals surface area contributed by atoms with Crippen LogP contribution in [-0.2, 0) is 6.54 Å². The van der Waals surface area contributed by atoms with Crippen molar-refractivity contribution in [2.75, 3.05) is 0 Å². The van der Waals surface area contributed by atoms with Crippen LogP contribution in [-0.4, -0.2) is 9.55 Å². The van der Waals surface area contributed by atoms with Gasteiger partial charge < -0.3 is 0 Å². The fraction of sp³-hybridized carbons (Fsp3) is 0.0800. The first kappa shape index (κ1) is 18.5. The lowest BCUT2D eigenvalue weighted by molar-refractivity contribution is 0.760. The maximum atomic E-state index is 13.6. The average molecular weight is 410 g/mol. The SMILES string of the molecule is Cc1ccc(-c2nc3sc4ccccc4c(=O)c3c(=O)n2Cc2ccccc2)cc1. The van der Waals surface area contributed by atoms with E-state index in [4.69, 9.17) is 4.98 Å². The van der Waals surface area contributed by atoms with Crippen LogP contribution in [0.15, 0.2) is 88.5 Å². The zero-order valence-electron chi connectivity index (χ0n) is 16.3. The molecule has 0 saturated carbocycles. The highest BCUT2D eigenvalue weighted by Crippen LogP contribution is 2.25. The van der Waals surface area contributed by atoms with E-state index in [1.54, 1.807) is 10.6 Å². The monoisotopic (exact) mass is 410 g/mol. The number of fused-ring (bicyclic) bond motifs is 2. The summed E-state index contributed by atoms with van der Waals surface area (Å²) in [5, 5.41) is 0.716. The van der Waals surface area contributed by atoms with Crippen LogP contribution in [0.3, 0.4) is 0 Å². The van der Waals surface area contributed by atoms with E-state index in [2.05, 4.69) is 0 Å². The molecule has 0 radical (unpaired) electrons. The first-order valence-electron chi connectivity index (χ1n) is 9.69. The zero-order chi connectivity index (χ0) is 20.7. The molecule has 5 heteroatoms.